The second-order valence-electron chi connectivity index (χ2n) is 8.13. The predicted octanol–water partition coefficient (Wildman–Crippen LogP) is 3.70. The van der Waals surface area contributed by atoms with Crippen LogP contribution in [0.15, 0.2) is 41.3 Å². The maximum atomic E-state index is 12.9. The molecule has 2 fully saturated rings. The molecule has 6 heteroatoms. The number of benzene rings is 2. The van der Waals surface area contributed by atoms with Gasteiger partial charge in [-0.1, -0.05) is 17.7 Å². The average Bonchev–Trinajstić information content (AvgIpc) is 3.46. The van der Waals surface area contributed by atoms with Gasteiger partial charge >= 0.3 is 0 Å². The van der Waals surface area contributed by atoms with Crippen molar-refractivity contribution in [3.8, 4) is 0 Å². The molecule has 1 aliphatic carbocycles. The number of rotatable bonds is 5. The van der Waals surface area contributed by atoms with Gasteiger partial charge in [-0.25, -0.2) is 8.42 Å². The number of sulfonamides is 1. The number of aryl methyl sites for hydroxylation is 3. The zero-order valence-electron chi connectivity index (χ0n) is 16.9. The van der Waals surface area contributed by atoms with Crippen molar-refractivity contribution in [3.63, 3.8) is 0 Å². The van der Waals surface area contributed by atoms with Crippen molar-refractivity contribution in [2.75, 3.05) is 35.8 Å². The Balaban J connectivity index is 1.46. The summed E-state index contributed by atoms with van der Waals surface area (Å²) in [4.78, 5) is 5.34. The second-order valence-corrected chi connectivity index (χ2v) is 9.75. The highest BCUT2D eigenvalue weighted by Crippen LogP contribution is 2.29. The van der Waals surface area contributed by atoms with E-state index in [2.05, 4.69) is 14.5 Å². The predicted molar refractivity (Wildman–Crippen MR) is 115 cm³/mol. The van der Waals surface area contributed by atoms with Crippen LogP contribution in [0.3, 0.4) is 0 Å². The maximum Gasteiger partial charge on any atom is 0.262 e. The molecule has 0 atom stereocenters. The fourth-order valence-electron chi connectivity index (χ4n) is 4.32. The van der Waals surface area contributed by atoms with Crippen LogP contribution < -0.4 is 9.62 Å². The molecule has 0 aromatic heterocycles. The van der Waals surface area contributed by atoms with Crippen LogP contribution in [-0.4, -0.2) is 45.5 Å². The van der Waals surface area contributed by atoms with Crippen molar-refractivity contribution in [3.05, 3.63) is 53.1 Å². The Bertz CT molecular complexity index is 935. The van der Waals surface area contributed by atoms with E-state index in [1.165, 1.54) is 12.8 Å². The first-order valence-corrected chi connectivity index (χ1v) is 11.5. The van der Waals surface area contributed by atoms with Crippen molar-refractivity contribution < 1.29 is 8.42 Å². The summed E-state index contributed by atoms with van der Waals surface area (Å²) < 4.78 is 28.6. The monoisotopic (exact) mass is 399 g/mol. The van der Waals surface area contributed by atoms with Crippen LogP contribution in [0.4, 0.5) is 11.4 Å². The number of nitrogens with zero attached hydrogens (tertiary/aromatic N) is 2. The molecule has 5 nitrogen and oxygen atoms in total. The summed E-state index contributed by atoms with van der Waals surface area (Å²) >= 11 is 0. The molecule has 0 amide bonds. The number of hydrogen-bond acceptors (Lipinski definition) is 4. The highest BCUT2D eigenvalue weighted by atomic mass is 32.2. The Kier molecular flexibility index (Phi) is 5.10. The van der Waals surface area contributed by atoms with Gasteiger partial charge in [-0.2, -0.15) is 0 Å². The molecular formula is C22H29N3O2S. The molecule has 0 radical (unpaired) electrons. The van der Waals surface area contributed by atoms with Gasteiger partial charge in [0.25, 0.3) is 10.0 Å². The Morgan fingerprint density at radius 3 is 2.00 bits per heavy atom. The van der Waals surface area contributed by atoms with E-state index < -0.39 is 10.0 Å². The average molecular weight is 400 g/mol. The van der Waals surface area contributed by atoms with E-state index >= 15 is 0 Å². The number of hydrogen-bond donors (Lipinski definition) is 1. The number of anilines is 2. The minimum Gasteiger partial charge on any atom is -0.369 e. The molecular weight excluding hydrogens is 370 g/mol. The number of piperazine rings is 1. The smallest absolute Gasteiger partial charge is 0.262 e. The van der Waals surface area contributed by atoms with Gasteiger partial charge in [0.1, 0.15) is 0 Å². The molecule has 2 aromatic carbocycles. The van der Waals surface area contributed by atoms with E-state index in [1.54, 1.807) is 0 Å². The van der Waals surface area contributed by atoms with Gasteiger partial charge in [0.15, 0.2) is 0 Å². The molecule has 4 rings (SSSR count). The standard InChI is InChI=1S/C22H29N3O2S/c1-16-14-17(2)22(18(3)15-16)28(26,27)23-19-4-6-20(7-5-19)24-10-12-25(13-11-24)21-8-9-21/h4-7,14-15,21,23H,8-13H2,1-3H3. The third-order valence-electron chi connectivity index (χ3n) is 5.74. The minimum absolute atomic E-state index is 0.373. The van der Waals surface area contributed by atoms with E-state index in [-0.39, 0.29) is 0 Å². The normalized spacial score (nSPS) is 18.3. The summed E-state index contributed by atoms with van der Waals surface area (Å²) in [6.07, 6.45) is 2.71. The van der Waals surface area contributed by atoms with Crippen molar-refractivity contribution in [1.29, 1.82) is 0 Å². The zero-order valence-corrected chi connectivity index (χ0v) is 17.7. The molecule has 150 valence electrons. The molecule has 2 aliphatic rings. The second kappa shape index (κ2) is 7.41. The van der Waals surface area contributed by atoms with E-state index in [9.17, 15) is 8.42 Å². The highest BCUT2D eigenvalue weighted by Gasteiger charge is 2.31. The van der Waals surface area contributed by atoms with Crippen molar-refractivity contribution >= 4 is 21.4 Å². The number of nitrogens with one attached hydrogen (secondary N) is 1. The van der Waals surface area contributed by atoms with Crippen LogP contribution in [-0.2, 0) is 10.0 Å². The Morgan fingerprint density at radius 2 is 1.46 bits per heavy atom. The first-order chi connectivity index (χ1) is 13.3. The fraction of sp³-hybridized carbons (Fsp3) is 0.455. The van der Waals surface area contributed by atoms with E-state index in [4.69, 9.17) is 0 Å². The quantitative estimate of drug-likeness (QED) is 0.833. The molecule has 1 aliphatic heterocycles. The SMILES string of the molecule is Cc1cc(C)c(S(=O)(=O)Nc2ccc(N3CCN(C4CC4)CC3)cc2)c(C)c1. The molecule has 1 heterocycles. The van der Waals surface area contributed by atoms with Crippen LogP contribution in [0.5, 0.6) is 0 Å². The lowest BCUT2D eigenvalue weighted by molar-refractivity contribution is 0.248. The van der Waals surface area contributed by atoms with Crippen LogP contribution in [0.1, 0.15) is 29.5 Å². The first-order valence-electron chi connectivity index (χ1n) is 10.0. The van der Waals surface area contributed by atoms with Crippen LogP contribution in [0, 0.1) is 20.8 Å². The Hall–Kier alpha value is -2.05. The zero-order chi connectivity index (χ0) is 19.9. The summed E-state index contributed by atoms with van der Waals surface area (Å²) in [5, 5.41) is 0. The van der Waals surface area contributed by atoms with Crippen molar-refractivity contribution in [2.24, 2.45) is 0 Å². The van der Waals surface area contributed by atoms with Gasteiger partial charge in [0.05, 0.1) is 4.90 Å². The maximum absolute atomic E-state index is 12.9. The van der Waals surface area contributed by atoms with Gasteiger partial charge < -0.3 is 4.90 Å². The fourth-order valence-corrected chi connectivity index (χ4v) is 5.84. The summed E-state index contributed by atoms with van der Waals surface area (Å²) in [6, 6.07) is 12.4. The molecule has 0 unspecified atom stereocenters. The van der Waals surface area contributed by atoms with Gasteiger partial charge in [0, 0.05) is 43.6 Å². The van der Waals surface area contributed by atoms with E-state index in [1.807, 2.05) is 57.2 Å². The topological polar surface area (TPSA) is 52.7 Å². The molecule has 1 N–H and O–H groups in total. The van der Waals surface area contributed by atoms with Gasteiger partial charge in [-0.3, -0.25) is 9.62 Å². The van der Waals surface area contributed by atoms with Crippen LogP contribution >= 0.6 is 0 Å². The molecule has 0 bridgehead atoms. The van der Waals surface area contributed by atoms with Gasteiger partial charge in [-0.05, 0) is 69.0 Å². The summed E-state index contributed by atoms with van der Waals surface area (Å²) in [6.45, 7) is 9.97. The lowest BCUT2D eigenvalue weighted by Crippen LogP contribution is -2.47. The molecule has 1 saturated carbocycles. The lowest BCUT2D eigenvalue weighted by Gasteiger charge is -2.36. The molecule has 0 spiro atoms. The van der Waals surface area contributed by atoms with Crippen molar-refractivity contribution in [2.45, 2.75) is 44.6 Å². The van der Waals surface area contributed by atoms with Gasteiger partial charge in [-0.15, -0.1) is 0 Å². The minimum atomic E-state index is -3.61. The van der Waals surface area contributed by atoms with E-state index in [0.717, 1.165) is 54.6 Å². The first kappa shape index (κ1) is 19.3. The largest absolute Gasteiger partial charge is 0.369 e. The Morgan fingerprint density at radius 1 is 0.893 bits per heavy atom. The summed E-state index contributed by atoms with van der Waals surface area (Å²) in [5.74, 6) is 0. The van der Waals surface area contributed by atoms with Gasteiger partial charge in [0.2, 0.25) is 0 Å². The van der Waals surface area contributed by atoms with Crippen LogP contribution in [0.25, 0.3) is 0 Å². The summed E-state index contributed by atoms with van der Waals surface area (Å²) in [5.41, 5.74) is 4.37. The Labute approximate surface area is 168 Å². The molecule has 2 aromatic rings. The highest BCUT2D eigenvalue weighted by molar-refractivity contribution is 7.92. The molecule has 1 saturated heterocycles. The van der Waals surface area contributed by atoms with E-state index in [0.29, 0.717) is 10.6 Å². The summed E-state index contributed by atoms with van der Waals surface area (Å²) in [7, 11) is -3.61. The third-order valence-corrected chi connectivity index (χ3v) is 7.42. The van der Waals surface area contributed by atoms with Crippen molar-refractivity contribution in [1.82, 2.24) is 4.90 Å². The van der Waals surface area contributed by atoms with Crippen LogP contribution in [0.2, 0.25) is 0 Å². The molecule has 28 heavy (non-hydrogen) atoms. The third kappa shape index (κ3) is 4.03. The lowest BCUT2D eigenvalue weighted by atomic mass is 10.1.